The molecule has 1 saturated carbocycles. The number of carbonyl (C=O) groups excluding carboxylic acids is 2. The molecule has 2 amide bonds. The summed E-state index contributed by atoms with van der Waals surface area (Å²) in [4.78, 5) is 26.2. The molecule has 1 aromatic heterocycles. The predicted octanol–water partition coefficient (Wildman–Crippen LogP) is 6.31. The van der Waals surface area contributed by atoms with E-state index in [1.165, 1.54) is 16.8 Å². The molecule has 0 bridgehead atoms. The van der Waals surface area contributed by atoms with Crippen molar-refractivity contribution < 1.29 is 54.5 Å². The molecule has 4 rings (SSSR count). The number of aliphatic hydroxyl groups is 1. The number of alkyl halides is 5. The van der Waals surface area contributed by atoms with Crippen LogP contribution in [0.3, 0.4) is 0 Å². The molecule has 0 radical (unpaired) electrons. The lowest BCUT2D eigenvalue weighted by Gasteiger charge is -2.42. The summed E-state index contributed by atoms with van der Waals surface area (Å²) in [6.45, 7) is -0.270. The summed E-state index contributed by atoms with van der Waals surface area (Å²) in [5, 5.41) is 19.8. The maximum absolute atomic E-state index is 13.6. The highest BCUT2D eigenvalue weighted by Crippen LogP contribution is 2.43. The second-order valence-corrected chi connectivity index (χ2v) is 16.1. The van der Waals surface area contributed by atoms with E-state index in [1.807, 2.05) is 0 Å². The Kier molecular flexibility index (Phi) is 12.5. The van der Waals surface area contributed by atoms with Gasteiger partial charge in [-0.3, -0.25) is 9.48 Å². The molecule has 286 valence electrons. The number of rotatable bonds is 13. The van der Waals surface area contributed by atoms with Crippen LogP contribution in [0.1, 0.15) is 61.6 Å². The second-order valence-electron chi connectivity index (χ2n) is 13.4. The molecule has 0 aliphatic heterocycles. The van der Waals surface area contributed by atoms with Crippen molar-refractivity contribution in [3.05, 3.63) is 70.4 Å². The summed E-state index contributed by atoms with van der Waals surface area (Å²) in [6.07, 6.45) is -5.28. The van der Waals surface area contributed by atoms with Gasteiger partial charge < -0.3 is 25.2 Å². The fourth-order valence-corrected chi connectivity index (χ4v) is 7.36. The third kappa shape index (κ3) is 9.72. The number of nitrogens with one attached hydrogen (secondary N) is 2. The lowest BCUT2D eigenvalue weighted by molar-refractivity contribution is -0.211. The summed E-state index contributed by atoms with van der Waals surface area (Å²) < 4.78 is 104. The molecule has 1 heterocycles. The number of amides is 2. The summed E-state index contributed by atoms with van der Waals surface area (Å²) >= 11 is 6.62. The van der Waals surface area contributed by atoms with Gasteiger partial charge in [-0.1, -0.05) is 61.8 Å². The molecule has 0 saturated heterocycles. The van der Waals surface area contributed by atoms with E-state index in [-0.39, 0.29) is 60.0 Å². The summed E-state index contributed by atoms with van der Waals surface area (Å²) in [5.41, 5.74) is -3.74. The van der Waals surface area contributed by atoms with Gasteiger partial charge in [0.1, 0.15) is 27.8 Å². The van der Waals surface area contributed by atoms with Crippen LogP contribution in [-0.4, -0.2) is 77.8 Å². The van der Waals surface area contributed by atoms with Gasteiger partial charge in [0.25, 0.3) is 5.91 Å². The summed E-state index contributed by atoms with van der Waals surface area (Å²) in [6, 6.07) is 11.2. The highest BCUT2D eigenvalue weighted by molar-refractivity contribution is 7.91. The fourth-order valence-electron chi connectivity index (χ4n) is 5.95. The van der Waals surface area contributed by atoms with Crippen LogP contribution >= 0.6 is 11.6 Å². The number of alkyl carbamates (subject to hydrolysis) is 1. The molecule has 11 nitrogen and oxygen atoms in total. The summed E-state index contributed by atoms with van der Waals surface area (Å²) in [7, 11) is -3.57. The Morgan fingerprint density at radius 3 is 2.40 bits per heavy atom. The van der Waals surface area contributed by atoms with Crippen LogP contribution in [0.5, 0.6) is 5.75 Å². The third-order valence-electron chi connectivity index (χ3n) is 9.05. The Hall–Kier alpha value is -3.96. The van der Waals surface area contributed by atoms with E-state index in [1.54, 1.807) is 37.3 Å². The molecule has 0 spiro atoms. The summed E-state index contributed by atoms with van der Waals surface area (Å²) in [5.74, 6) is -1.39. The third-order valence-corrected chi connectivity index (χ3v) is 11.0. The number of sulfone groups is 1. The van der Waals surface area contributed by atoms with E-state index >= 15 is 0 Å². The van der Waals surface area contributed by atoms with Crippen LogP contribution in [0, 0.1) is 5.41 Å². The van der Waals surface area contributed by atoms with Gasteiger partial charge in [0, 0.05) is 24.9 Å². The molecule has 18 heteroatoms. The molecule has 0 unspecified atom stereocenters. The normalized spacial score (nSPS) is 19.7. The Balaban J connectivity index is 1.58. The van der Waals surface area contributed by atoms with Crippen molar-refractivity contribution in [1.29, 1.82) is 0 Å². The minimum Gasteiger partial charge on any atom is -0.445 e. The molecule has 3 N–H and O–H groups in total. The fraction of sp³-hybridized carbons (Fsp3) is 0.500. The van der Waals surface area contributed by atoms with Crippen molar-refractivity contribution in [1.82, 2.24) is 20.4 Å². The average Bonchev–Trinajstić information content (AvgIpc) is 3.38. The molecule has 52 heavy (non-hydrogen) atoms. The smallest absolute Gasteiger partial charge is 0.407 e. The Labute approximate surface area is 302 Å². The first-order valence-electron chi connectivity index (χ1n) is 16.2. The van der Waals surface area contributed by atoms with Crippen molar-refractivity contribution in [3.63, 3.8) is 0 Å². The number of ether oxygens (including phenoxy) is 2. The number of nitrogens with zero attached hydrogens (tertiary/aromatic N) is 2. The zero-order valence-electron chi connectivity index (χ0n) is 28.8. The van der Waals surface area contributed by atoms with Gasteiger partial charge in [0.15, 0.2) is 5.69 Å². The van der Waals surface area contributed by atoms with Gasteiger partial charge >= 0.3 is 18.9 Å². The lowest BCUT2D eigenvalue weighted by Crippen LogP contribution is -2.62. The van der Waals surface area contributed by atoms with Gasteiger partial charge in [-0.2, -0.15) is 27.1 Å². The molecule has 1 aliphatic carbocycles. The van der Waals surface area contributed by atoms with Gasteiger partial charge in [0.05, 0.1) is 27.4 Å². The molecule has 1 aliphatic rings. The Bertz CT molecular complexity index is 1860. The van der Waals surface area contributed by atoms with Crippen LogP contribution < -0.4 is 15.4 Å². The van der Waals surface area contributed by atoms with E-state index in [0.29, 0.717) is 5.56 Å². The van der Waals surface area contributed by atoms with Crippen molar-refractivity contribution >= 4 is 33.4 Å². The van der Waals surface area contributed by atoms with Crippen LogP contribution in [0.2, 0.25) is 5.02 Å². The highest BCUT2D eigenvalue weighted by atomic mass is 35.5. The van der Waals surface area contributed by atoms with E-state index in [0.717, 1.165) is 26.2 Å². The van der Waals surface area contributed by atoms with Gasteiger partial charge in [0.2, 0.25) is 0 Å². The van der Waals surface area contributed by atoms with Gasteiger partial charge in [-0.15, -0.1) is 0 Å². The van der Waals surface area contributed by atoms with Crippen molar-refractivity contribution in [3.8, 4) is 17.0 Å². The topological polar surface area (TPSA) is 149 Å². The average molecular weight is 779 g/mol. The first-order chi connectivity index (χ1) is 24.1. The molecule has 3 atom stereocenters. The minimum atomic E-state index is -4.58. The van der Waals surface area contributed by atoms with E-state index in [9.17, 15) is 45.1 Å². The van der Waals surface area contributed by atoms with Gasteiger partial charge in [-0.05, 0) is 55.9 Å². The number of aryl methyl sites for hydroxylation is 1. The SMILES string of the molecule is CCn1nc(C(=O)NC[C@]2(O)CC[C@@H](S(C)(=O)=O)C[C@H]2NC(=O)OCc2ccccc2)c(Cl)c1-c1ccc(CC(C)(C)C(F)(F)F)cc1OC(F)F. The monoisotopic (exact) mass is 778 g/mol. The number of halogens is 6. The van der Waals surface area contributed by atoms with Gasteiger partial charge in [-0.25, -0.2) is 13.2 Å². The van der Waals surface area contributed by atoms with Crippen LogP contribution in [0.15, 0.2) is 48.5 Å². The number of benzene rings is 2. The first kappa shape index (κ1) is 40.8. The quantitative estimate of drug-likeness (QED) is 0.171. The zero-order valence-corrected chi connectivity index (χ0v) is 30.3. The zero-order chi connectivity index (χ0) is 38.6. The lowest BCUT2D eigenvalue weighted by atomic mass is 9.80. The minimum absolute atomic E-state index is 0.0281. The maximum atomic E-state index is 13.6. The van der Waals surface area contributed by atoms with Crippen LogP contribution in [0.25, 0.3) is 11.3 Å². The standard InChI is InChI=1S/C34H40ClF5N4O7S/c1-5-44-28(23-12-11-21(15-24(23)51-30(36)37)17-32(2,3)34(38,39)40)26(35)27(43-44)29(45)41-19-33(47)14-13-22(52(4,48)49)16-25(33)42-31(46)50-18-20-9-7-6-8-10-20/h6-12,15,22,25,30,47H,5,13-14,16-19H2,1-4H3,(H,41,45)(H,42,46)/t22-,25-,33-/m1/s1. The molecular formula is C34H40ClF5N4O7S. The number of hydrogen-bond donors (Lipinski definition) is 3. The largest absolute Gasteiger partial charge is 0.445 e. The molecule has 3 aromatic rings. The van der Waals surface area contributed by atoms with E-state index in [4.69, 9.17) is 16.3 Å². The maximum Gasteiger partial charge on any atom is 0.407 e. The van der Waals surface area contributed by atoms with E-state index < -0.39 is 75.6 Å². The molecule has 1 fully saturated rings. The van der Waals surface area contributed by atoms with Crippen LogP contribution in [0.4, 0.5) is 26.7 Å². The number of aromatic nitrogens is 2. The Morgan fingerprint density at radius 2 is 1.81 bits per heavy atom. The molecule has 2 aromatic carbocycles. The Morgan fingerprint density at radius 1 is 1.13 bits per heavy atom. The van der Waals surface area contributed by atoms with E-state index in [2.05, 4.69) is 20.5 Å². The van der Waals surface area contributed by atoms with Crippen LogP contribution in [-0.2, 0) is 34.1 Å². The second kappa shape index (κ2) is 16.0. The number of hydrogen-bond acceptors (Lipinski definition) is 8. The number of carbonyl (C=O) groups is 2. The molecular weight excluding hydrogens is 739 g/mol. The van der Waals surface area contributed by atoms with Crippen molar-refractivity contribution in [2.75, 3.05) is 12.8 Å². The highest BCUT2D eigenvalue weighted by Gasteiger charge is 2.48. The van der Waals surface area contributed by atoms with Crippen molar-refractivity contribution in [2.45, 2.75) is 89.3 Å². The predicted molar refractivity (Wildman–Crippen MR) is 182 cm³/mol. The van der Waals surface area contributed by atoms with Crippen molar-refractivity contribution in [2.24, 2.45) is 5.41 Å². The first-order valence-corrected chi connectivity index (χ1v) is 18.6.